The number of carbonyl (C=O) groups is 1. The van der Waals surface area contributed by atoms with E-state index in [4.69, 9.17) is 25.2 Å². The Morgan fingerprint density at radius 2 is 1.44 bits per heavy atom. The molecule has 4 N–H and O–H groups in total. The molecule has 6 rings (SSSR count). The van der Waals surface area contributed by atoms with Gasteiger partial charge in [-0.15, -0.1) is 11.8 Å². The highest BCUT2D eigenvalue weighted by atomic mass is 35.5. The van der Waals surface area contributed by atoms with Crippen LogP contribution in [-0.2, 0) is 38.0 Å². The second-order valence-electron chi connectivity index (χ2n) is 20.0. The predicted octanol–water partition coefficient (Wildman–Crippen LogP) is 12.1. The first-order valence-corrected chi connectivity index (χ1v) is 30.1. The minimum absolute atomic E-state index is 0.0357. The van der Waals surface area contributed by atoms with E-state index in [1.54, 1.807) is 59.7 Å². The zero-order chi connectivity index (χ0) is 54.8. The number of aliphatic hydroxyl groups is 1. The maximum atomic E-state index is 14.3. The molecule has 0 aliphatic carbocycles. The lowest BCUT2D eigenvalue weighted by Crippen LogP contribution is -2.36. The van der Waals surface area contributed by atoms with Crippen molar-refractivity contribution in [3.63, 3.8) is 0 Å². The van der Waals surface area contributed by atoms with Gasteiger partial charge in [0.05, 0.1) is 34.5 Å². The fourth-order valence-electron chi connectivity index (χ4n) is 8.32. The van der Waals surface area contributed by atoms with Crippen molar-refractivity contribution in [2.45, 2.75) is 111 Å². The molecule has 1 heterocycles. The molecule has 75 heavy (non-hydrogen) atoms. The van der Waals surface area contributed by atoms with Crippen LogP contribution in [0.3, 0.4) is 0 Å². The number of phosphoric acid groups is 1. The van der Waals surface area contributed by atoms with Gasteiger partial charge in [0.1, 0.15) is 4.90 Å². The zero-order valence-electron chi connectivity index (χ0n) is 42.6. The summed E-state index contributed by atoms with van der Waals surface area (Å²) in [6.45, 7) is 12.0. The summed E-state index contributed by atoms with van der Waals surface area (Å²) in [5.74, 6) is -0.921. The normalized spacial score (nSPS) is 15.1. The molecule has 5 aromatic carbocycles. The van der Waals surface area contributed by atoms with Crippen LogP contribution in [0, 0.1) is 5.92 Å². The van der Waals surface area contributed by atoms with Crippen LogP contribution >= 0.6 is 31.2 Å². The Bertz CT molecular complexity index is 2960. The van der Waals surface area contributed by atoms with E-state index in [1.165, 1.54) is 23.9 Å². The monoisotopic (exact) mass is 1140 g/mol. The van der Waals surface area contributed by atoms with Crippen LogP contribution in [-0.4, -0.2) is 89.1 Å². The number of nitrogens with zero attached hydrogens (tertiary/aromatic N) is 1. The van der Waals surface area contributed by atoms with Crippen LogP contribution in [0.5, 0.6) is 0 Å². The summed E-state index contributed by atoms with van der Waals surface area (Å²) in [5.41, 5.74) is -4.82. The third-order valence-electron chi connectivity index (χ3n) is 11.8. The van der Waals surface area contributed by atoms with Gasteiger partial charge in [0.2, 0.25) is 0 Å². The molecular weight excluding hydrogens is 1070 g/mol. The Hall–Kier alpha value is -4.47. The average Bonchev–Trinajstić information content (AvgIpc) is 3.34. The summed E-state index contributed by atoms with van der Waals surface area (Å²) >= 11 is 8.03. The van der Waals surface area contributed by atoms with Crippen LogP contribution < -0.4 is 20.3 Å². The number of phosphoric ester groups is 1. The Labute approximate surface area is 448 Å². The van der Waals surface area contributed by atoms with Crippen LogP contribution in [0.2, 0.25) is 5.02 Å². The van der Waals surface area contributed by atoms with Crippen LogP contribution in [0.4, 0.5) is 24.5 Å². The van der Waals surface area contributed by atoms with E-state index >= 15 is 0 Å². The van der Waals surface area contributed by atoms with Crippen molar-refractivity contribution in [2.75, 3.05) is 48.8 Å². The Kier molecular flexibility index (Phi) is 20.2. The van der Waals surface area contributed by atoms with Gasteiger partial charge < -0.3 is 20.6 Å². The lowest BCUT2D eigenvalue weighted by Gasteiger charge is -2.36. The van der Waals surface area contributed by atoms with Crippen molar-refractivity contribution in [1.82, 2.24) is 10.0 Å². The van der Waals surface area contributed by atoms with E-state index in [0.717, 1.165) is 33.8 Å². The fourth-order valence-corrected chi connectivity index (χ4v) is 13.4. The highest BCUT2D eigenvalue weighted by Crippen LogP contribution is 2.55. The summed E-state index contributed by atoms with van der Waals surface area (Å²) in [6.07, 6.45) is 1.18. The van der Waals surface area contributed by atoms with Crippen molar-refractivity contribution >= 4 is 68.3 Å². The van der Waals surface area contributed by atoms with E-state index in [1.807, 2.05) is 77.5 Å². The molecule has 408 valence electrons. The van der Waals surface area contributed by atoms with Gasteiger partial charge in [-0.3, -0.25) is 18.4 Å². The number of benzene rings is 5. The number of sulfone groups is 1. The highest BCUT2D eigenvalue weighted by molar-refractivity contribution is 7.99. The van der Waals surface area contributed by atoms with Gasteiger partial charge in [0.15, 0.2) is 0 Å². The summed E-state index contributed by atoms with van der Waals surface area (Å²) < 4.78 is 129. The molecule has 1 aliphatic rings. The van der Waals surface area contributed by atoms with Crippen molar-refractivity contribution in [1.29, 1.82) is 0 Å². The number of piperidine rings is 1. The van der Waals surface area contributed by atoms with Crippen LogP contribution in [0.25, 0.3) is 11.1 Å². The molecule has 1 saturated heterocycles. The van der Waals surface area contributed by atoms with Crippen molar-refractivity contribution in [3.8, 4) is 11.1 Å². The van der Waals surface area contributed by atoms with Gasteiger partial charge in [-0.05, 0) is 151 Å². The Morgan fingerprint density at radius 1 is 0.827 bits per heavy atom. The Morgan fingerprint density at radius 3 is 2.04 bits per heavy atom. The number of halogens is 4. The van der Waals surface area contributed by atoms with Gasteiger partial charge in [-0.1, -0.05) is 72.3 Å². The molecule has 0 unspecified atom stereocenters. The lowest BCUT2D eigenvalue weighted by atomic mass is 9.84. The molecule has 0 aromatic heterocycles. The second kappa shape index (κ2) is 25.3. The number of anilines is 2. The standard InChI is InChI=1S/C53H65ClF3N4O10PS3/c1-51(2,3)70-72(64,71-52(4,5)6)69-34-31-58-30-14-17-40(36-73-42-18-11-8-12-19-42)59-46-27-26-43(35-47(46)74(65,66)53(55,56)57)75(67,68)60-50(63)39-22-24-41(25-23-39)61-32-28-38(29-33-61)49(62)48-44(20-13-21-45(48)54)37-15-9-7-10-16-37/h7-13,15-16,18-27,35,38,40,49,58-59,62H,14,17,28-34,36H2,1-6H3,(H,60,63)/t40-,49-/m1/s1. The van der Waals surface area contributed by atoms with Gasteiger partial charge >= 0.3 is 13.3 Å². The van der Waals surface area contributed by atoms with Gasteiger partial charge in [-0.25, -0.2) is 26.1 Å². The first-order valence-electron chi connectivity index (χ1n) is 24.4. The molecule has 14 nitrogen and oxygen atoms in total. The number of thioether (sulfide) groups is 1. The first kappa shape index (κ1) is 59.8. The zero-order valence-corrected chi connectivity index (χ0v) is 46.7. The molecule has 5 aromatic rings. The number of alkyl halides is 3. The Balaban J connectivity index is 1.11. The van der Waals surface area contributed by atoms with Gasteiger partial charge in [0, 0.05) is 58.2 Å². The molecule has 22 heteroatoms. The number of carbonyl (C=O) groups excluding carboxylic acids is 1. The van der Waals surface area contributed by atoms with E-state index < -0.39 is 77.9 Å². The van der Waals surface area contributed by atoms with E-state index in [-0.39, 0.29) is 30.4 Å². The molecule has 1 amide bonds. The van der Waals surface area contributed by atoms with Crippen molar-refractivity contribution in [3.05, 3.63) is 137 Å². The van der Waals surface area contributed by atoms with E-state index in [0.29, 0.717) is 62.0 Å². The quantitative estimate of drug-likeness (QED) is 0.0275. The van der Waals surface area contributed by atoms with Crippen molar-refractivity contribution in [2.24, 2.45) is 5.92 Å². The average molecular weight is 1140 g/mol. The maximum absolute atomic E-state index is 14.3. The summed E-state index contributed by atoms with van der Waals surface area (Å²) in [6, 6.07) is 32.1. The topological polar surface area (TPSA) is 190 Å². The van der Waals surface area contributed by atoms with Crippen LogP contribution in [0.15, 0.2) is 136 Å². The number of amides is 1. The molecular formula is C53H65ClF3N4O10PS3. The van der Waals surface area contributed by atoms with Crippen molar-refractivity contribution < 1.29 is 58.0 Å². The molecule has 1 fully saturated rings. The number of sulfonamides is 1. The first-order chi connectivity index (χ1) is 35.1. The number of rotatable bonds is 23. The van der Waals surface area contributed by atoms with Gasteiger partial charge in [-0.2, -0.15) is 13.2 Å². The van der Waals surface area contributed by atoms with E-state index in [2.05, 4.69) is 15.5 Å². The molecule has 0 saturated carbocycles. The molecule has 2 atom stereocenters. The molecule has 0 bridgehead atoms. The summed E-state index contributed by atoms with van der Waals surface area (Å²) in [7, 11) is -15.0. The third-order valence-corrected chi connectivity index (χ3v) is 18.2. The second-order valence-corrected chi connectivity index (χ2v) is 26.6. The number of hydrogen-bond donors (Lipinski definition) is 4. The maximum Gasteiger partial charge on any atom is 0.501 e. The summed E-state index contributed by atoms with van der Waals surface area (Å²) in [5, 5.41) is 18.2. The van der Waals surface area contributed by atoms with E-state index in [9.17, 15) is 44.5 Å². The predicted molar refractivity (Wildman–Crippen MR) is 289 cm³/mol. The SMILES string of the molecule is CC(C)(C)OP(=O)(OCCNCCC[C@H](CSc1ccccc1)Nc1ccc(S(=O)(=O)NC(=O)c2ccc(N3CCC([C@@H](O)c4c(Cl)cccc4-c4ccccc4)CC3)cc2)cc1S(=O)(=O)C(F)(F)F)OC(C)(C)C. The minimum atomic E-state index is -6.15. The fraction of sp³-hybridized carbons (Fsp3) is 0.415. The number of aliphatic hydroxyl groups excluding tert-OH is 1. The highest BCUT2D eigenvalue weighted by Gasteiger charge is 2.48. The number of hydrogen-bond acceptors (Lipinski definition) is 14. The molecule has 0 radical (unpaired) electrons. The molecule has 0 spiro atoms. The minimum Gasteiger partial charge on any atom is -0.388 e. The molecule has 1 aliphatic heterocycles. The van der Waals surface area contributed by atoms with Gasteiger partial charge in [0.25, 0.3) is 25.8 Å². The summed E-state index contributed by atoms with van der Waals surface area (Å²) in [4.78, 5) is 14.1. The lowest BCUT2D eigenvalue weighted by molar-refractivity contribution is -0.0436. The third kappa shape index (κ3) is 17.0. The largest absolute Gasteiger partial charge is 0.501 e. The van der Waals surface area contributed by atoms with Crippen LogP contribution in [0.1, 0.15) is 89.3 Å². The smallest absolute Gasteiger partial charge is 0.388 e. The number of nitrogens with one attached hydrogen (secondary N) is 3.